The third-order valence-corrected chi connectivity index (χ3v) is 5.16. The molecule has 1 aromatic carbocycles. The smallest absolute Gasteiger partial charge is 0.312 e. The zero-order valence-corrected chi connectivity index (χ0v) is 15.7. The third-order valence-electron chi connectivity index (χ3n) is 4.05. The second-order valence-electron chi connectivity index (χ2n) is 6.57. The zero-order valence-electron chi connectivity index (χ0n) is 14.9. The van der Waals surface area contributed by atoms with Crippen molar-refractivity contribution in [3.63, 3.8) is 0 Å². The molecule has 1 heterocycles. The Morgan fingerprint density at radius 2 is 1.81 bits per heavy atom. The standard InChI is InChI=1S/C16H18N2O8S/c1-16(2,13(19)9-17-14(20)6-7-15(17)21)26-12-5-4-10(27(3,24)25)8-11(12)18(22)23/h4-5,8H,6-7,9H2,1-3H3. The highest BCUT2D eigenvalue weighted by Gasteiger charge is 2.38. The number of hydrogen-bond acceptors (Lipinski definition) is 8. The van der Waals surface area contributed by atoms with Crippen LogP contribution in [0.5, 0.6) is 5.75 Å². The quantitative estimate of drug-likeness (QED) is 0.374. The second-order valence-corrected chi connectivity index (χ2v) is 8.58. The highest BCUT2D eigenvalue weighted by molar-refractivity contribution is 7.90. The van der Waals surface area contributed by atoms with Crippen LogP contribution in [0.1, 0.15) is 26.7 Å². The summed E-state index contributed by atoms with van der Waals surface area (Å²) in [5.74, 6) is -1.86. The molecule has 0 atom stereocenters. The maximum atomic E-state index is 12.5. The molecule has 11 heteroatoms. The van der Waals surface area contributed by atoms with E-state index >= 15 is 0 Å². The molecule has 1 fully saturated rings. The van der Waals surface area contributed by atoms with Crippen molar-refractivity contribution < 1.29 is 32.5 Å². The molecular formula is C16H18N2O8S. The van der Waals surface area contributed by atoms with Gasteiger partial charge in [-0.25, -0.2) is 8.42 Å². The molecule has 0 aromatic heterocycles. The second kappa shape index (κ2) is 7.06. The summed E-state index contributed by atoms with van der Waals surface area (Å²) in [7, 11) is -3.67. The van der Waals surface area contributed by atoms with E-state index in [1.54, 1.807) is 0 Å². The van der Waals surface area contributed by atoms with E-state index in [1.807, 2.05) is 0 Å². The Labute approximate surface area is 155 Å². The summed E-state index contributed by atoms with van der Waals surface area (Å²) in [6.07, 6.45) is 0.974. The number of rotatable bonds is 7. The third kappa shape index (κ3) is 4.48. The highest BCUT2D eigenvalue weighted by atomic mass is 32.2. The fourth-order valence-electron chi connectivity index (χ4n) is 2.42. The first kappa shape index (κ1) is 20.5. The van der Waals surface area contributed by atoms with E-state index in [1.165, 1.54) is 13.8 Å². The molecule has 27 heavy (non-hydrogen) atoms. The van der Waals surface area contributed by atoms with Gasteiger partial charge in [0.2, 0.25) is 11.8 Å². The molecule has 0 aliphatic carbocycles. The number of nitrogens with zero attached hydrogens (tertiary/aromatic N) is 2. The van der Waals surface area contributed by atoms with Gasteiger partial charge in [-0.15, -0.1) is 0 Å². The Hall–Kier alpha value is -2.82. The van der Waals surface area contributed by atoms with Gasteiger partial charge in [0.25, 0.3) is 0 Å². The number of nitro benzene ring substituents is 1. The summed E-state index contributed by atoms with van der Waals surface area (Å²) < 4.78 is 28.6. The van der Waals surface area contributed by atoms with Crippen LogP contribution in [0.25, 0.3) is 0 Å². The first-order valence-corrected chi connectivity index (χ1v) is 9.76. The molecule has 0 spiro atoms. The maximum absolute atomic E-state index is 12.5. The van der Waals surface area contributed by atoms with E-state index in [0.29, 0.717) is 0 Å². The number of imide groups is 1. The summed E-state index contributed by atoms with van der Waals surface area (Å²) in [4.78, 5) is 46.8. The number of carbonyl (C=O) groups is 3. The van der Waals surface area contributed by atoms with E-state index in [4.69, 9.17) is 4.74 Å². The van der Waals surface area contributed by atoms with E-state index in [9.17, 15) is 32.9 Å². The van der Waals surface area contributed by atoms with Crippen molar-refractivity contribution in [3.05, 3.63) is 28.3 Å². The van der Waals surface area contributed by atoms with E-state index in [0.717, 1.165) is 29.4 Å². The molecule has 1 aliphatic rings. The predicted molar refractivity (Wildman–Crippen MR) is 91.9 cm³/mol. The normalized spacial score (nSPS) is 15.1. The van der Waals surface area contributed by atoms with Crippen LogP contribution in [-0.2, 0) is 24.2 Å². The summed E-state index contributed by atoms with van der Waals surface area (Å²) in [6.45, 7) is 2.18. The molecule has 0 unspecified atom stereocenters. The Morgan fingerprint density at radius 1 is 1.26 bits per heavy atom. The molecule has 2 rings (SSSR count). The van der Waals surface area contributed by atoms with Crippen molar-refractivity contribution in [2.75, 3.05) is 12.8 Å². The molecule has 2 amide bonds. The number of hydrogen-bond donors (Lipinski definition) is 0. The molecule has 0 bridgehead atoms. The number of likely N-dealkylation sites (tertiary alicyclic amines) is 1. The number of ether oxygens (including phenoxy) is 1. The van der Waals surface area contributed by atoms with E-state index in [-0.39, 0.29) is 23.5 Å². The number of amides is 2. The van der Waals surface area contributed by atoms with Gasteiger partial charge in [-0.2, -0.15) is 0 Å². The van der Waals surface area contributed by atoms with Crippen LogP contribution in [0, 0.1) is 10.1 Å². The maximum Gasteiger partial charge on any atom is 0.312 e. The van der Waals surface area contributed by atoms with Crippen molar-refractivity contribution in [2.24, 2.45) is 0 Å². The molecule has 10 nitrogen and oxygen atoms in total. The van der Waals surface area contributed by atoms with Crippen LogP contribution in [0.3, 0.4) is 0 Å². The van der Waals surface area contributed by atoms with E-state index < -0.39 is 50.2 Å². The summed E-state index contributed by atoms with van der Waals surface area (Å²) in [5, 5.41) is 11.3. The van der Waals surface area contributed by atoms with Crippen LogP contribution in [-0.4, -0.2) is 54.2 Å². The summed E-state index contributed by atoms with van der Waals surface area (Å²) >= 11 is 0. The van der Waals surface area contributed by atoms with Gasteiger partial charge in [0.05, 0.1) is 16.4 Å². The fraction of sp³-hybridized carbons (Fsp3) is 0.438. The number of nitro groups is 1. The van der Waals surface area contributed by atoms with Crippen LogP contribution >= 0.6 is 0 Å². The lowest BCUT2D eigenvalue weighted by Gasteiger charge is -2.26. The SMILES string of the molecule is CC(C)(Oc1ccc(S(C)(=O)=O)cc1[N+](=O)[O-])C(=O)CN1C(=O)CCC1=O. The van der Waals surface area contributed by atoms with Gasteiger partial charge in [-0.05, 0) is 26.0 Å². The van der Waals surface area contributed by atoms with Crippen molar-refractivity contribution in [3.8, 4) is 5.75 Å². The van der Waals surface area contributed by atoms with Crippen molar-refractivity contribution in [1.82, 2.24) is 4.90 Å². The largest absolute Gasteiger partial charge is 0.473 e. The number of carbonyl (C=O) groups excluding carboxylic acids is 3. The van der Waals surface area contributed by atoms with Gasteiger partial charge >= 0.3 is 5.69 Å². The average molecular weight is 398 g/mol. The first-order valence-electron chi connectivity index (χ1n) is 7.87. The Kier molecular flexibility index (Phi) is 5.36. The topological polar surface area (TPSA) is 141 Å². The molecule has 0 radical (unpaired) electrons. The first-order chi connectivity index (χ1) is 12.3. The lowest BCUT2D eigenvalue weighted by atomic mass is 10.0. The minimum Gasteiger partial charge on any atom is -0.473 e. The summed E-state index contributed by atoms with van der Waals surface area (Å²) in [6, 6.07) is 3.07. The summed E-state index contributed by atoms with van der Waals surface area (Å²) in [5.41, 5.74) is -2.22. The van der Waals surface area contributed by atoms with Crippen molar-refractivity contribution in [2.45, 2.75) is 37.2 Å². The van der Waals surface area contributed by atoms with Gasteiger partial charge in [-0.3, -0.25) is 29.4 Å². The lowest BCUT2D eigenvalue weighted by molar-refractivity contribution is -0.386. The van der Waals surface area contributed by atoms with Gasteiger partial charge in [0.15, 0.2) is 27.0 Å². The molecule has 1 saturated heterocycles. The van der Waals surface area contributed by atoms with Crippen LogP contribution in [0.15, 0.2) is 23.1 Å². The number of ketones is 1. The van der Waals surface area contributed by atoms with E-state index in [2.05, 4.69) is 0 Å². The molecule has 0 N–H and O–H groups in total. The van der Waals surface area contributed by atoms with Crippen LogP contribution in [0.4, 0.5) is 5.69 Å². The highest BCUT2D eigenvalue weighted by Crippen LogP contribution is 2.32. The number of sulfone groups is 1. The Balaban J connectivity index is 2.28. The molecule has 146 valence electrons. The minimum absolute atomic E-state index is 0.0336. The van der Waals surface area contributed by atoms with Crippen molar-refractivity contribution >= 4 is 33.1 Å². The molecule has 1 aromatic rings. The lowest BCUT2D eigenvalue weighted by Crippen LogP contribution is -2.46. The monoisotopic (exact) mass is 398 g/mol. The van der Waals surface area contributed by atoms with Gasteiger partial charge in [0.1, 0.15) is 0 Å². The Bertz CT molecular complexity index is 920. The fourth-order valence-corrected chi connectivity index (χ4v) is 3.06. The average Bonchev–Trinajstić information content (AvgIpc) is 2.85. The minimum atomic E-state index is -3.67. The van der Waals surface area contributed by atoms with Crippen LogP contribution < -0.4 is 4.74 Å². The predicted octanol–water partition coefficient (Wildman–Crippen LogP) is 0.874. The number of benzene rings is 1. The Morgan fingerprint density at radius 3 is 2.30 bits per heavy atom. The molecule has 0 saturated carbocycles. The van der Waals surface area contributed by atoms with Gasteiger partial charge < -0.3 is 4.74 Å². The molecular weight excluding hydrogens is 380 g/mol. The van der Waals surface area contributed by atoms with Crippen molar-refractivity contribution in [1.29, 1.82) is 0 Å². The van der Waals surface area contributed by atoms with Gasteiger partial charge in [0, 0.05) is 25.2 Å². The number of Topliss-reactive ketones (excluding diaryl/α,β-unsaturated/α-hetero) is 1. The molecule has 1 aliphatic heterocycles. The zero-order chi connectivity index (χ0) is 20.6. The van der Waals surface area contributed by atoms with Crippen LogP contribution in [0.2, 0.25) is 0 Å². The van der Waals surface area contributed by atoms with Gasteiger partial charge in [-0.1, -0.05) is 0 Å².